The molecule has 1 atom stereocenters. The summed E-state index contributed by atoms with van der Waals surface area (Å²) >= 11 is 0. The van der Waals surface area contributed by atoms with Crippen LogP contribution in [0.3, 0.4) is 0 Å². The van der Waals surface area contributed by atoms with Gasteiger partial charge in [-0.2, -0.15) is 0 Å². The van der Waals surface area contributed by atoms with Crippen LogP contribution in [0.4, 0.5) is 5.69 Å². The number of hydrogen-bond acceptors (Lipinski definition) is 5. The van der Waals surface area contributed by atoms with Gasteiger partial charge in [0.1, 0.15) is 0 Å². The van der Waals surface area contributed by atoms with Crippen LogP contribution in [0.5, 0.6) is 5.88 Å². The van der Waals surface area contributed by atoms with E-state index in [1.165, 1.54) is 0 Å². The number of aromatic nitrogens is 1. The molecule has 0 unspecified atom stereocenters. The lowest BCUT2D eigenvalue weighted by molar-refractivity contribution is -0.121. The predicted molar refractivity (Wildman–Crippen MR) is 85.6 cm³/mol. The minimum absolute atomic E-state index is 0.0110. The third-order valence-corrected chi connectivity index (χ3v) is 5.82. The highest BCUT2D eigenvalue weighted by Gasteiger charge is 2.33. The van der Waals surface area contributed by atoms with E-state index < -0.39 is 21.7 Å². The topological polar surface area (TPSA) is 112 Å². The first-order chi connectivity index (χ1) is 10.9. The van der Waals surface area contributed by atoms with Crippen LogP contribution in [0.15, 0.2) is 28.4 Å². The van der Waals surface area contributed by atoms with Gasteiger partial charge < -0.3 is 10.1 Å². The van der Waals surface area contributed by atoms with Crippen LogP contribution in [0.2, 0.25) is 0 Å². The van der Waals surface area contributed by atoms with Crippen LogP contribution in [0, 0.1) is 5.92 Å². The summed E-state index contributed by atoms with van der Waals surface area (Å²) < 4.78 is 22.8. The van der Waals surface area contributed by atoms with E-state index >= 15 is 0 Å². The van der Waals surface area contributed by atoms with E-state index in [-0.39, 0.29) is 29.5 Å². The number of H-pyrrole nitrogens is 1. The minimum atomic E-state index is -3.14. The molecular weight excluding hydrogens is 318 g/mol. The van der Waals surface area contributed by atoms with E-state index in [0.29, 0.717) is 10.9 Å². The van der Waals surface area contributed by atoms with Gasteiger partial charge >= 0.3 is 0 Å². The van der Waals surface area contributed by atoms with Gasteiger partial charge in [-0.1, -0.05) is 13.0 Å². The van der Waals surface area contributed by atoms with E-state index in [2.05, 4.69) is 15.2 Å². The van der Waals surface area contributed by atoms with Gasteiger partial charge in [0.15, 0.2) is 15.5 Å². The lowest BCUT2D eigenvalue weighted by Gasteiger charge is -1.99. The lowest BCUT2D eigenvalue weighted by atomic mass is 10.1. The monoisotopic (exact) mass is 335 g/mol. The van der Waals surface area contributed by atoms with Crippen LogP contribution in [0.1, 0.15) is 18.9 Å². The molecule has 0 aliphatic carbocycles. The van der Waals surface area contributed by atoms with Gasteiger partial charge in [0, 0.05) is 5.39 Å². The van der Waals surface area contributed by atoms with Crippen molar-refractivity contribution in [1.82, 2.24) is 4.98 Å². The number of azo groups is 1. The molecule has 2 heterocycles. The number of sulfone groups is 1. The molecule has 1 aliphatic heterocycles. The van der Waals surface area contributed by atoms with E-state index in [1.807, 2.05) is 25.1 Å². The average molecular weight is 335 g/mol. The molecule has 2 aromatic rings. The van der Waals surface area contributed by atoms with Crippen molar-refractivity contribution in [2.45, 2.75) is 19.8 Å². The van der Waals surface area contributed by atoms with Crippen molar-refractivity contribution < 1.29 is 18.3 Å². The first kappa shape index (κ1) is 15.7. The van der Waals surface area contributed by atoms with E-state index in [1.54, 1.807) is 0 Å². The van der Waals surface area contributed by atoms with Gasteiger partial charge in [0.05, 0.1) is 22.9 Å². The molecule has 1 amide bonds. The number of aryl methyl sites for hydroxylation is 1. The standard InChI is InChI=1S/C15H17N3O4S/c1-2-9-3-4-12-11(7-9)13(15(20)16-12)17-18-14(19)10-5-6-23(21,22)8-10/h3-4,7,10,16,20H,2,5-6,8H2,1H3/t10-/m0/s1. The Bertz CT molecular complexity index is 899. The summed E-state index contributed by atoms with van der Waals surface area (Å²) in [5.41, 5.74) is 1.97. The zero-order valence-electron chi connectivity index (χ0n) is 12.6. The van der Waals surface area contributed by atoms with Gasteiger partial charge in [-0.25, -0.2) is 8.42 Å². The normalized spacial score (nSPS) is 20.5. The summed E-state index contributed by atoms with van der Waals surface area (Å²) in [4.78, 5) is 14.8. The summed E-state index contributed by atoms with van der Waals surface area (Å²) in [6, 6.07) is 5.65. The second-order valence-electron chi connectivity index (χ2n) is 5.69. The van der Waals surface area contributed by atoms with Gasteiger partial charge in [0.25, 0.3) is 5.91 Å². The van der Waals surface area contributed by atoms with Gasteiger partial charge in [0.2, 0.25) is 5.88 Å². The third kappa shape index (κ3) is 3.12. The van der Waals surface area contributed by atoms with Crippen LogP contribution >= 0.6 is 0 Å². The number of amides is 1. The van der Waals surface area contributed by atoms with Crippen molar-refractivity contribution in [1.29, 1.82) is 0 Å². The highest BCUT2D eigenvalue weighted by molar-refractivity contribution is 7.91. The number of nitrogens with one attached hydrogen (secondary N) is 1. The molecule has 1 aromatic heterocycles. The highest BCUT2D eigenvalue weighted by Crippen LogP contribution is 2.36. The molecule has 1 saturated heterocycles. The number of benzene rings is 1. The average Bonchev–Trinajstić information content (AvgIpc) is 3.03. The zero-order valence-corrected chi connectivity index (χ0v) is 13.4. The largest absolute Gasteiger partial charge is 0.493 e. The maximum Gasteiger partial charge on any atom is 0.268 e. The summed E-state index contributed by atoms with van der Waals surface area (Å²) in [5, 5.41) is 18.1. The molecule has 1 fully saturated rings. The molecule has 0 saturated carbocycles. The summed E-state index contributed by atoms with van der Waals surface area (Å²) in [7, 11) is -3.14. The molecule has 122 valence electrons. The number of hydrogen-bond donors (Lipinski definition) is 2. The minimum Gasteiger partial charge on any atom is -0.493 e. The maximum atomic E-state index is 12.0. The number of carbonyl (C=O) groups is 1. The summed E-state index contributed by atoms with van der Waals surface area (Å²) in [6.07, 6.45) is 1.11. The van der Waals surface area contributed by atoms with Crippen LogP contribution < -0.4 is 0 Å². The van der Waals surface area contributed by atoms with Crippen molar-refractivity contribution in [2.24, 2.45) is 16.1 Å². The van der Waals surface area contributed by atoms with Crippen LogP contribution in [-0.2, 0) is 21.1 Å². The number of carbonyl (C=O) groups excluding carboxylic acids is 1. The van der Waals surface area contributed by atoms with Crippen molar-refractivity contribution in [3.05, 3.63) is 23.8 Å². The van der Waals surface area contributed by atoms with E-state index in [0.717, 1.165) is 12.0 Å². The fourth-order valence-electron chi connectivity index (χ4n) is 2.70. The van der Waals surface area contributed by atoms with Crippen LogP contribution in [0.25, 0.3) is 10.9 Å². The SMILES string of the molecule is CCc1ccc2[nH]c(O)c(N=NC(=O)[C@H]3CCS(=O)(=O)C3)c2c1. The Morgan fingerprint density at radius 2 is 2.22 bits per heavy atom. The Morgan fingerprint density at radius 1 is 1.43 bits per heavy atom. The smallest absolute Gasteiger partial charge is 0.268 e. The molecule has 0 bridgehead atoms. The molecule has 1 aliphatic rings. The lowest BCUT2D eigenvalue weighted by Crippen LogP contribution is -2.13. The van der Waals surface area contributed by atoms with Gasteiger partial charge in [-0.05, 0) is 30.5 Å². The number of fused-ring (bicyclic) bond motifs is 1. The Balaban J connectivity index is 1.89. The molecule has 2 N–H and O–H groups in total. The zero-order chi connectivity index (χ0) is 16.6. The summed E-state index contributed by atoms with van der Waals surface area (Å²) in [5.74, 6) is -1.53. The Kier molecular flexibility index (Phi) is 3.93. The first-order valence-electron chi connectivity index (χ1n) is 7.39. The second-order valence-corrected chi connectivity index (χ2v) is 7.92. The quantitative estimate of drug-likeness (QED) is 0.839. The molecule has 0 spiro atoms. The summed E-state index contributed by atoms with van der Waals surface area (Å²) in [6.45, 7) is 2.01. The number of rotatable bonds is 3. The second kappa shape index (κ2) is 5.77. The van der Waals surface area contributed by atoms with Crippen LogP contribution in [-0.4, -0.2) is 35.9 Å². The van der Waals surface area contributed by atoms with Gasteiger partial charge in [-0.15, -0.1) is 10.2 Å². The number of nitrogens with zero attached hydrogens (tertiary/aromatic N) is 2. The van der Waals surface area contributed by atoms with Crippen molar-refractivity contribution in [3.8, 4) is 5.88 Å². The Hall–Kier alpha value is -2.22. The third-order valence-electron chi connectivity index (χ3n) is 4.05. The number of aromatic amines is 1. The molecular formula is C15H17N3O4S. The molecule has 1 aromatic carbocycles. The molecule has 8 heteroatoms. The predicted octanol–water partition coefficient (Wildman–Crippen LogP) is 2.48. The first-order valence-corrected chi connectivity index (χ1v) is 9.21. The van der Waals surface area contributed by atoms with Crippen molar-refractivity contribution in [3.63, 3.8) is 0 Å². The van der Waals surface area contributed by atoms with E-state index in [9.17, 15) is 18.3 Å². The van der Waals surface area contributed by atoms with Crippen molar-refractivity contribution >= 4 is 32.3 Å². The number of aromatic hydroxyl groups is 1. The molecule has 3 rings (SSSR count). The fourth-order valence-corrected chi connectivity index (χ4v) is 4.44. The highest BCUT2D eigenvalue weighted by atomic mass is 32.2. The Labute approximate surface area is 133 Å². The fraction of sp³-hybridized carbons (Fsp3) is 0.400. The van der Waals surface area contributed by atoms with Crippen molar-refractivity contribution in [2.75, 3.05) is 11.5 Å². The molecule has 23 heavy (non-hydrogen) atoms. The molecule has 7 nitrogen and oxygen atoms in total. The Morgan fingerprint density at radius 3 is 2.87 bits per heavy atom. The molecule has 0 radical (unpaired) electrons. The van der Waals surface area contributed by atoms with E-state index in [4.69, 9.17) is 0 Å². The maximum absolute atomic E-state index is 12.0. The van der Waals surface area contributed by atoms with Gasteiger partial charge in [-0.3, -0.25) is 4.79 Å².